The number of ether oxygens (including phenoxy) is 1. The van der Waals surface area contributed by atoms with Crippen LogP contribution in [0.4, 0.5) is 5.69 Å². The molecule has 1 fully saturated rings. The van der Waals surface area contributed by atoms with E-state index in [4.69, 9.17) is 27.9 Å². The van der Waals surface area contributed by atoms with Gasteiger partial charge >= 0.3 is 0 Å². The van der Waals surface area contributed by atoms with Crippen LogP contribution in [-0.4, -0.2) is 50.4 Å². The van der Waals surface area contributed by atoms with Crippen LogP contribution in [0.5, 0.6) is 5.75 Å². The van der Waals surface area contributed by atoms with Gasteiger partial charge in [0.2, 0.25) is 11.8 Å². The number of nitrogens with one attached hydrogen (secondary N) is 1. The minimum atomic E-state index is -4.26. The van der Waals surface area contributed by atoms with Gasteiger partial charge in [0.15, 0.2) is 0 Å². The number of hydrogen-bond acceptors (Lipinski definition) is 5. The fourth-order valence-corrected chi connectivity index (χ4v) is 7.95. The molecule has 0 saturated heterocycles. The van der Waals surface area contributed by atoms with Gasteiger partial charge in [-0.1, -0.05) is 90.1 Å². The Labute approximate surface area is 299 Å². The predicted octanol–water partition coefficient (Wildman–Crippen LogP) is 7.59. The first kappa shape index (κ1) is 36.2. The first-order chi connectivity index (χ1) is 23.6. The van der Waals surface area contributed by atoms with Crippen LogP contribution in [0.3, 0.4) is 0 Å². The molecule has 4 aromatic carbocycles. The zero-order chi connectivity index (χ0) is 35.0. The van der Waals surface area contributed by atoms with Crippen molar-refractivity contribution in [3.8, 4) is 5.75 Å². The molecule has 2 amide bonds. The first-order valence-corrected chi connectivity index (χ1v) is 18.7. The summed E-state index contributed by atoms with van der Waals surface area (Å²) in [6.07, 6.45) is 3.94. The Morgan fingerprint density at radius 2 is 1.51 bits per heavy atom. The van der Waals surface area contributed by atoms with Gasteiger partial charge in [-0.25, -0.2) is 8.42 Å². The van der Waals surface area contributed by atoms with Crippen LogP contribution < -0.4 is 14.4 Å². The molecule has 0 spiro atoms. The summed E-state index contributed by atoms with van der Waals surface area (Å²) in [4.78, 5) is 30.3. The molecule has 11 heteroatoms. The van der Waals surface area contributed by atoms with E-state index in [1.54, 1.807) is 54.6 Å². The van der Waals surface area contributed by atoms with E-state index in [1.165, 1.54) is 17.0 Å². The number of carbonyl (C=O) groups excluding carboxylic acids is 2. The van der Waals surface area contributed by atoms with Crippen LogP contribution in [0.15, 0.2) is 102 Å². The third kappa shape index (κ3) is 9.15. The molecule has 1 aliphatic carbocycles. The van der Waals surface area contributed by atoms with Gasteiger partial charge in [-0.05, 0) is 80.8 Å². The number of aryl methyl sites for hydroxylation is 1. The Bertz CT molecular complexity index is 1810. The molecule has 1 aliphatic rings. The number of carbonyl (C=O) groups is 2. The summed E-state index contributed by atoms with van der Waals surface area (Å²) in [5, 5.41) is 3.83. The van der Waals surface area contributed by atoms with Crippen LogP contribution in [0.2, 0.25) is 10.0 Å². The van der Waals surface area contributed by atoms with Crippen molar-refractivity contribution in [2.45, 2.75) is 69.5 Å². The van der Waals surface area contributed by atoms with Gasteiger partial charge in [0.1, 0.15) is 18.3 Å². The van der Waals surface area contributed by atoms with Gasteiger partial charge in [0.05, 0.1) is 17.2 Å². The normalized spacial score (nSPS) is 13.9. The molecule has 0 aromatic heterocycles. The molecule has 0 bridgehead atoms. The van der Waals surface area contributed by atoms with Crippen molar-refractivity contribution in [3.63, 3.8) is 0 Å². The van der Waals surface area contributed by atoms with Crippen molar-refractivity contribution in [1.29, 1.82) is 0 Å². The highest BCUT2D eigenvalue weighted by Gasteiger charge is 2.36. The molecule has 1 atom stereocenters. The van der Waals surface area contributed by atoms with Gasteiger partial charge < -0.3 is 15.0 Å². The summed E-state index contributed by atoms with van der Waals surface area (Å²) in [7, 11) is -4.26. The fraction of sp³-hybridized carbons (Fsp3) is 0.316. The third-order valence-electron chi connectivity index (χ3n) is 8.69. The lowest BCUT2D eigenvalue weighted by Crippen LogP contribution is -2.54. The van der Waals surface area contributed by atoms with Gasteiger partial charge in [-0.2, -0.15) is 0 Å². The lowest BCUT2D eigenvalue weighted by Gasteiger charge is -2.34. The molecule has 0 radical (unpaired) electrons. The molecule has 1 unspecified atom stereocenters. The molecular weight excluding hydrogens is 681 g/mol. The van der Waals surface area contributed by atoms with Crippen molar-refractivity contribution < 1.29 is 22.7 Å². The van der Waals surface area contributed by atoms with Gasteiger partial charge in [-0.15, -0.1) is 0 Å². The zero-order valence-electron chi connectivity index (χ0n) is 27.6. The second kappa shape index (κ2) is 16.6. The van der Waals surface area contributed by atoms with E-state index in [-0.39, 0.29) is 29.8 Å². The Morgan fingerprint density at radius 3 is 2.12 bits per heavy atom. The molecule has 258 valence electrons. The maximum absolute atomic E-state index is 14.7. The SMILES string of the molecule is CCOc1ccc(S(=O)(=O)N(CC(=O)N(Cc2c(Cl)cccc2Cl)C(Cc2ccccc2)C(=O)NC2CCCC2)c2ccc(C)cc2)cc1. The van der Waals surface area contributed by atoms with Gasteiger partial charge in [0.25, 0.3) is 10.0 Å². The highest BCUT2D eigenvalue weighted by atomic mass is 35.5. The lowest BCUT2D eigenvalue weighted by molar-refractivity contribution is -0.140. The molecule has 4 aromatic rings. The molecule has 0 aliphatic heterocycles. The van der Waals surface area contributed by atoms with Crippen LogP contribution in [0.1, 0.15) is 49.3 Å². The summed E-state index contributed by atoms with van der Waals surface area (Å²) >= 11 is 13.2. The zero-order valence-corrected chi connectivity index (χ0v) is 30.0. The molecule has 8 nitrogen and oxygen atoms in total. The number of amides is 2. The van der Waals surface area contributed by atoms with Crippen molar-refractivity contribution in [1.82, 2.24) is 10.2 Å². The summed E-state index contributed by atoms with van der Waals surface area (Å²) in [5.74, 6) is -0.378. The van der Waals surface area contributed by atoms with Gasteiger partial charge in [-0.3, -0.25) is 13.9 Å². The average Bonchev–Trinajstić information content (AvgIpc) is 3.60. The number of benzene rings is 4. The number of nitrogens with zero attached hydrogens (tertiary/aromatic N) is 2. The lowest BCUT2D eigenvalue weighted by atomic mass is 10.0. The third-order valence-corrected chi connectivity index (χ3v) is 11.2. The molecular formula is C38H41Cl2N3O5S. The second-order valence-electron chi connectivity index (χ2n) is 12.2. The average molecular weight is 723 g/mol. The minimum absolute atomic E-state index is 0.00396. The van der Waals surface area contributed by atoms with Crippen LogP contribution >= 0.6 is 23.2 Å². The maximum Gasteiger partial charge on any atom is 0.264 e. The number of hydrogen-bond donors (Lipinski definition) is 1. The summed E-state index contributed by atoms with van der Waals surface area (Å²) in [5.41, 5.74) is 2.53. The smallest absolute Gasteiger partial charge is 0.264 e. The van der Waals surface area contributed by atoms with Crippen molar-refractivity contribution in [3.05, 3.63) is 124 Å². The van der Waals surface area contributed by atoms with Crippen molar-refractivity contribution >= 4 is 50.7 Å². The number of sulfonamides is 1. The highest BCUT2D eigenvalue weighted by molar-refractivity contribution is 7.92. The maximum atomic E-state index is 14.7. The van der Waals surface area contributed by atoms with E-state index in [0.717, 1.165) is 41.1 Å². The first-order valence-electron chi connectivity index (χ1n) is 16.5. The molecule has 5 rings (SSSR count). The highest BCUT2D eigenvalue weighted by Crippen LogP contribution is 2.30. The Hall–Kier alpha value is -4.05. The van der Waals surface area contributed by atoms with Gasteiger partial charge in [0, 0.05) is 34.6 Å². The van der Waals surface area contributed by atoms with Crippen molar-refractivity contribution in [2.24, 2.45) is 0 Å². The minimum Gasteiger partial charge on any atom is -0.494 e. The Morgan fingerprint density at radius 1 is 0.878 bits per heavy atom. The standard InChI is InChI=1S/C38H41Cl2N3O5S/c1-3-48-31-20-22-32(23-21-31)49(46,47)43(30-18-16-27(2)17-19-30)26-37(44)42(25-33-34(39)14-9-15-35(33)40)36(24-28-10-5-4-6-11-28)38(45)41-29-12-7-8-13-29/h4-6,9-11,14-23,29,36H,3,7-8,12-13,24-26H2,1-2H3,(H,41,45). The monoisotopic (exact) mass is 721 g/mol. The number of anilines is 1. The number of rotatable bonds is 14. The topological polar surface area (TPSA) is 96.0 Å². The summed E-state index contributed by atoms with van der Waals surface area (Å²) in [6, 6.07) is 26.5. The van der Waals surface area contributed by atoms with E-state index in [1.807, 2.05) is 44.2 Å². The molecule has 1 saturated carbocycles. The summed E-state index contributed by atoms with van der Waals surface area (Å²) in [6.45, 7) is 3.47. The van der Waals surface area contributed by atoms with Crippen LogP contribution in [0, 0.1) is 6.92 Å². The Kier molecular flexibility index (Phi) is 12.3. The Balaban J connectivity index is 1.58. The second-order valence-corrected chi connectivity index (χ2v) is 14.8. The molecule has 0 heterocycles. The van der Waals surface area contributed by atoms with Crippen LogP contribution in [0.25, 0.3) is 0 Å². The molecule has 49 heavy (non-hydrogen) atoms. The summed E-state index contributed by atoms with van der Waals surface area (Å²) < 4.78 is 35.3. The van der Waals surface area contributed by atoms with E-state index >= 15 is 0 Å². The largest absolute Gasteiger partial charge is 0.494 e. The van der Waals surface area contributed by atoms with E-state index in [0.29, 0.717) is 33.7 Å². The van der Waals surface area contributed by atoms with Crippen LogP contribution in [-0.2, 0) is 32.6 Å². The van der Waals surface area contributed by atoms with E-state index < -0.39 is 28.5 Å². The number of halogens is 2. The van der Waals surface area contributed by atoms with E-state index in [9.17, 15) is 18.0 Å². The quantitative estimate of drug-likeness (QED) is 0.145. The predicted molar refractivity (Wildman–Crippen MR) is 195 cm³/mol. The molecule has 1 N–H and O–H groups in total. The fourth-order valence-electron chi connectivity index (χ4n) is 6.02. The van der Waals surface area contributed by atoms with E-state index in [2.05, 4.69) is 5.32 Å². The van der Waals surface area contributed by atoms with Crippen molar-refractivity contribution in [2.75, 3.05) is 17.5 Å².